The summed E-state index contributed by atoms with van der Waals surface area (Å²) in [5.41, 5.74) is 5.53. The van der Waals surface area contributed by atoms with Crippen molar-refractivity contribution in [1.82, 2.24) is 4.90 Å². The lowest BCUT2D eigenvalue weighted by Gasteiger charge is -2.26. The largest absolute Gasteiger partial charge is 0.330 e. The molecular weight excluding hydrogens is 172 g/mol. The van der Waals surface area contributed by atoms with Gasteiger partial charge in [-0.1, -0.05) is 13.8 Å². The van der Waals surface area contributed by atoms with Crippen LogP contribution in [-0.4, -0.2) is 30.6 Å². The molecule has 2 N–H and O–H groups in total. The van der Waals surface area contributed by atoms with E-state index >= 15 is 0 Å². The van der Waals surface area contributed by atoms with Gasteiger partial charge in [0, 0.05) is 6.04 Å². The Morgan fingerprint density at radius 2 is 1.57 bits per heavy atom. The summed E-state index contributed by atoms with van der Waals surface area (Å²) in [7, 11) is 0. The van der Waals surface area contributed by atoms with Gasteiger partial charge in [-0.2, -0.15) is 0 Å². The van der Waals surface area contributed by atoms with E-state index < -0.39 is 0 Å². The lowest BCUT2D eigenvalue weighted by atomic mass is 10.1. The van der Waals surface area contributed by atoms with E-state index in [1.807, 2.05) is 0 Å². The molecule has 0 rings (SSSR count). The molecule has 0 fully saturated rings. The zero-order valence-electron chi connectivity index (χ0n) is 10.4. The third-order valence-electron chi connectivity index (χ3n) is 2.61. The Morgan fingerprint density at radius 1 is 1.00 bits per heavy atom. The van der Waals surface area contributed by atoms with Crippen LogP contribution in [0.25, 0.3) is 0 Å². The Balaban J connectivity index is 3.62. The van der Waals surface area contributed by atoms with Crippen molar-refractivity contribution in [2.75, 3.05) is 19.6 Å². The highest BCUT2D eigenvalue weighted by atomic mass is 15.1. The van der Waals surface area contributed by atoms with E-state index in [1.165, 1.54) is 19.4 Å². The molecule has 0 aliphatic carbocycles. The Hall–Kier alpha value is -0.0800. The molecule has 0 amide bonds. The lowest BCUT2D eigenvalue weighted by Crippen LogP contribution is -2.33. The van der Waals surface area contributed by atoms with Gasteiger partial charge in [-0.3, -0.25) is 0 Å². The van der Waals surface area contributed by atoms with Crippen molar-refractivity contribution in [1.29, 1.82) is 0 Å². The van der Waals surface area contributed by atoms with Crippen LogP contribution < -0.4 is 5.73 Å². The van der Waals surface area contributed by atoms with Gasteiger partial charge in [-0.05, 0) is 58.7 Å². The third kappa shape index (κ3) is 7.34. The molecule has 0 aromatic carbocycles. The van der Waals surface area contributed by atoms with E-state index in [0.717, 1.165) is 25.4 Å². The lowest BCUT2D eigenvalue weighted by molar-refractivity contribution is 0.213. The summed E-state index contributed by atoms with van der Waals surface area (Å²) in [6, 6.07) is 0.661. The molecular formula is C12H28N2. The van der Waals surface area contributed by atoms with Crippen LogP contribution in [0.3, 0.4) is 0 Å². The first-order valence-corrected chi connectivity index (χ1v) is 6.02. The van der Waals surface area contributed by atoms with Gasteiger partial charge in [0.2, 0.25) is 0 Å². The molecule has 0 atom stereocenters. The molecule has 2 nitrogen and oxygen atoms in total. The van der Waals surface area contributed by atoms with Gasteiger partial charge >= 0.3 is 0 Å². The van der Waals surface area contributed by atoms with Gasteiger partial charge in [0.05, 0.1) is 0 Å². The molecule has 86 valence electrons. The van der Waals surface area contributed by atoms with Gasteiger partial charge in [0.25, 0.3) is 0 Å². The molecule has 0 heterocycles. The zero-order chi connectivity index (χ0) is 11.0. The number of hydrogen-bond donors (Lipinski definition) is 1. The van der Waals surface area contributed by atoms with Crippen LogP contribution in [0, 0.1) is 5.92 Å². The average Bonchev–Trinajstić information content (AvgIpc) is 2.09. The SMILES string of the molecule is CC(C)CCCN(CCCN)C(C)C. The van der Waals surface area contributed by atoms with Crippen molar-refractivity contribution >= 4 is 0 Å². The molecule has 0 aliphatic rings. The van der Waals surface area contributed by atoms with Crippen molar-refractivity contribution in [3.8, 4) is 0 Å². The minimum absolute atomic E-state index is 0.661. The highest BCUT2D eigenvalue weighted by Crippen LogP contribution is 2.07. The van der Waals surface area contributed by atoms with Crippen molar-refractivity contribution in [3.63, 3.8) is 0 Å². The van der Waals surface area contributed by atoms with Crippen molar-refractivity contribution in [2.24, 2.45) is 11.7 Å². The third-order valence-corrected chi connectivity index (χ3v) is 2.61. The molecule has 0 aromatic rings. The molecule has 0 unspecified atom stereocenters. The second-order valence-corrected chi connectivity index (χ2v) is 4.81. The van der Waals surface area contributed by atoms with Crippen LogP contribution in [0.4, 0.5) is 0 Å². The zero-order valence-corrected chi connectivity index (χ0v) is 10.4. The minimum atomic E-state index is 0.661. The first-order chi connectivity index (χ1) is 6.57. The Bertz CT molecular complexity index is 121. The maximum absolute atomic E-state index is 5.53. The van der Waals surface area contributed by atoms with E-state index in [-0.39, 0.29) is 0 Å². The molecule has 0 saturated carbocycles. The fourth-order valence-electron chi connectivity index (χ4n) is 1.63. The Kier molecular flexibility index (Phi) is 8.20. The highest BCUT2D eigenvalue weighted by Gasteiger charge is 2.08. The summed E-state index contributed by atoms with van der Waals surface area (Å²) in [5, 5.41) is 0. The molecule has 0 bridgehead atoms. The smallest absolute Gasteiger partial charge is 0.00385 e. The summed E-state index contributed by atoms with van der Waals surface area (Å²) >= 11 is 0. The second-order valence-electron chi connectivity index (χ2n) is 4.81. The second kappa shape index (κ2) is 8.25. The maximum Gasteiger partial charge on any atom is 0.00385 e. The van der Waals surface area contributed by atoms with Crippen LogP contribution in [-0.2, 0) is 0 Å². The summed E-state index contributed by atoms with van der Waals surface area (Å²) in [6.45, 7) is 12.3. The predicted molar refractivity (Wildman–Crippen MR) is 64.5 cm³/mol. The normalized spacial score (nSPS) is 12.0. The van der Waals surface area contributed by atoms with E-state index in [4.69, 9.17) is 5.73 Å². The van der Waals surface area contributed by atoms with Crippen LogP contribution in [0.15, 0.2) is 0 Å². The van der Waals surface area contributed by atoms with Crippen molar-refractivity contribution in [3.05, 3.63) is 0 Å². The molecule has 14 heavy (non-hydrogen) atoms. The first kappa shape index (κ1) is 13.9. The summed E-state index contributed by atoms with van der Waals surface area (Å²) in [4.78, 5) is 2.54. The first-order valence-electron chi connectivity index (χ1n) is 6.02. The average molecular weight is 200 g/mol. The molecule has 0 radical (unpaired) electrons. The topological polar surface area (TPSA) is 29.3 Å². The van der Waals surface area contributed by atoms with Crippen LogP contribution in [0.2, 0.25) is 0 Å². The van der Waals surface area contributed by atoms with E-state index in [0.29, 0.717) is 6.04 Å². The highest BCUT2D eigenvalue weighted by molar-refractivity contribution is 4.63. The van der Waals surface area contributed by atoms with Crippen molar-refractivity contribution in [2.45, 2.75) is 53.0 Å². The van der Waals surface area contributed by atoms with E-state index in [1.54, 1.807) is 0 Å². The van der Waals surface area contributed by atoms with Crippen LogP contribution in [0.1, 0.15) is 47.0 Å². The predicted octanol–water partition coefficient (Wildman–Crippen LogP) is 2.48. The van der Waals surface area contributed by atoms with Crippen LogP contribution >= 0.6 is 0 Å². The number of hydrogen-bond acceptors (Lipinski definition) is 2. The molecule has 2 heteroatoms. The van der Waals surface area contributed by atoms with Gasteiger partial charge in [-0.25, -0.2) is 0 Å². The monoisotopic (exact) mass is 200 g/mol. The fourth-order valence-corrected chi connectivity index (χ4v) is 1.63. The molecule has 0 spiro atoms. The number of rotatable bonds is 8. The maximum atomic E-state index is 5.53. The number of nitrogens with two attached hydrogens (primary N) is 1. The molecule has 0 aliphatic heterocycles. The van der Waals surface area contributed by atoms with E-state index in [2.05, 4.69) is 32.6 Å². The summed E-state index contributed by atoms with van der Waals surface area (Å²) < 4.78 is 0. The fraction of sp³-hybridized carbons (Fsp3) is 1.00. The Labute approximate surface area is 89.9 Å². The van der Waals surface area contributed by atoms with Crippen LogP contribution in [0.5, 0.6) is 0 Å². The van der Waals surface area contributed by atoms with Gasteiger partial charge in [0.15, 0.2) is 0 Å². The minimum Gasteiger partial charge on any atom is -0.330 e. The molecule has 0 aromatic heterocycles. The van der Waals surface area contributed by atoms with Gasteiger partial charge < -0.3 is 10.6 Å². The van der Waals surface area contributed by atoms with Crippen molar-refractivity contribution < 1.29 is 0 Å². The quantitative estimate of drug-likeness (QED) is 0.652. The van der Waals surface area contributed by atoms with Gasteiger partial charge in [-0.15, -0.1) is 0 Å². The summed E-state index contributed by atoms with van der Waals surface area (Å²) in [6.07, 6.45) is 3.78. The number of nitrogens with zero attached hydrogens (tertiary/aromatic N) is 1. The Morgan fingerprint density at radius 3 is 2.00 bits per heavy atom. The summed E-state index contributed by atoms with van der Waals surface area (Å²) in [5.74, 6) is 0.832. The molecule has 0 saturated heterocycles. The van der Waals surface area contributed by atoms with Gasteiger partial charge in [0.1, 0.15) is 0 Å². The standard InChI is InChI=1S/C12H28N2/c1-11(2)7-5-9-14(12(3)4)10-6-8-13/h11-12H,5-10,13H2,1-4H3. The van der Waals surface area contributed by atoms with E-state index in [9.17, 15) is 0 Å².